The van der Waals surface area contributed by atoms with Crippen molar-refractivity contribution in [1.82, 2.24) is 14.9 Å². The molecule has 0 radical (unpaired) electrons. The first-order valence-electron chi connectivity index (χ1n) is 9.48. The Hall–Kier alpha value is -2.71. The average molecular weight is 417 g/mol. The number of nitrogens with one attached hydrogen (secondary N) is 1. The molecule has 29 heavy (non-hydrogen) atoms. The van der Waals surface area contributed by atoms with Crippen LogP contribution in [0.25, 0.3) is 11.3 Å². The minimum Gasteiger partial charge on any atom is -0.480 e. The third-order valence-electron chi connectivity index (χ3n) is 5.34. The molecule has 4 rings (SSSR count). The molecule has 0 unspecified atom stereocenters. The molecule has 0 spiro atoms. The van der Waals surface area contributed by atoms with E-state index < -0.39 is 12.0 Å². The number of carbonyl (C=O) groups is 2. The van der Waals surface area contributed by atoms with Gasteiger partial charge in [-0.25, -0.2) is 14.8 Å². The van der Waals surface area contributed by atoms with Crippen LogP contribution in [0, 0.1) is 0 Å². The van der Waals surface area contributed by atoms with Crippen molar-refractivity contribution in [3.63, 3.8) is 0 Å². The molecule has 0 saturated carbocycles. The number of carboxylic acid groups (broad SMARTS) is 1. The van der Waals surface area contributed by atoms with Gasteiger partial charge in [0.15, 0.2) is 0 Å². The molecular weight excluding hydrogens is 396 g/mol. The van der Waals surface area contributed by atoms with Crippen molar-refractivity contribution in [2.75, 3.05) is 18.5 Å². The molecule has 2 aliphatic rings. The second kappa shape index (κ2) is 7.96. The van der Waals surface area contributed by atoms with E-state index in [-0.39, 0.29) is 18.5 Å². The Labute approximate surface area is 172 Å². The fraction of sp³-hybridized carbons (Fsp3) is 0.400. The number of rotatable bonds is 5. The predicted octanol–water partition coefficient (Wildman–Crippen LogP) is 2.82. The summed E-state index contributed by atoms with van der Waals surface area (Å²) in [5.41, 5.74) is 2.47. The second-order valence-corrected chi connectivity index (χ2v) is 7.65. The fourth-order valence-corrected chi connectivity index (χ4v) is 3.78. The van der Waals surface area contributed by atoms with Crippen molar-refractivity contribution in [3.8, 4) is 11.3 Å². The molecule has 1 fully saturated rings. The normalized spacial score (nSPS) is 17.9. The largest absolute Gasteiger partial charge is 0.480 e. The first-order chi connectivity index (χ1) is 13.9. The minimum absolute atomic E-state index is 0.241. The summed E-state index contributed by atoms with van der Waals surface area (Å²) in [6.07, 6.45) is 3.30. The number of nitrogens with zero attached hydrogens (tertiary/aromatic N) is 3. The maximum atomic E-state index is 12.7. The van der Waals surface area contributed by atoms with Gasteiger partial charge in [-0.05, 0) is 31.4 Å². The SMILES string of the molecule is C[C@@H](C(=O)O)N1Cc2ccc(-c3nc(NC4CCOCC4)ncc3Cl)cc2C1=O. The molecule has 9 heteroatoms. The topological polar surface area (TPSA) is 105 Å². The minimum atomic E-state index is -1.03. The number of ether oxygens (including phenoxy) is 1. The number of halogens is 1. The Bertz CT molecular complexity index is 961. The van der Waals surface area contributed by atoms with Gasteiger partial charge in [-0.15, -0.1) is 0 Å². The average Bonchev–Trinajstić information content (AvgIpc) is 3.05. The van der Waals surface area contributed by atoms with Crippen molar-refractivity contribution >= 4 is 29.4 Å². The number of hydrogen-bond acceptors (Lipinski definition) is 6. The zero-order valence-electron chi connectivity index (χ0n) is 15.9. The van der Waals surface area contributed by atoms with E-state index >= 15 is 0 Å². The molecule has 1 atom stereocenters. The van der Waals surface area contributed by atoms with Gasteiger partial charge in [0.2, 0.25) is 5.95 Å². The zero-order chi connectivity index (χ0) is 20.5. The molecule has 2 aliphatic heterocycles. The van der Waals surface area contributed by atoms with Gasteiger partial charge in [0.25, 0.3) is 5.91 Å². The van der Waals surface area contributed by atoms with E-state index in [1.807, 2.05) is 12.1 Å². The van der Waals surface area contributed by atoms with Crippen molar-refractivity contribution in [2.24, 2.45) is 0 Å². The number of aliphatic carboxylic acids is 1. The molecular formula is C20H21ClN4O4. The lowest BCUT2D eigenvalue weighted by Gasteiger charge is -2.23. The molecule has 2 aromatic rings. The molecule has 2 N–H and O–H groups in total. The Kier molecular flexibility index (Phi) is 5.38. The van der Waals surface area contributed by atoms with E-state index in [1.54, 1.807) is 12.3 Å². The molecule has 0 bridgehead atoms. The van der Waals surface area contributed by atoms with Crippen LogP contribution in [0.4, 0.5) is 5.95 Å². The summed E-state index contributed by atoms with van der Waals surface area (Å²) in [6.45, 7) is 3.19. The first kappa shape index (κ1) is 19.6. The number of carbonyl (C=O) groups excluding carboxylic acids is 1. The highest BCUT2D eigenvalue weighted by atomic mass is 35.5. The number of aromatic nitrogens is 2. The number of carboxylic acids is 1. The van der Waals surface area contributed by atoms with Crippen molar-refractivity contribution in [1.29, 1.82) is 0 Å². The highest BCUT2D eigenvalue weighted by molar-refractivity contribution is 6.33. The molecule has 3 heterocycles. The summed E-state index contributed by atoms with van der Waals surface area (Å²) < 4.78 is 5.37. The van der Waals surface area contributed by atoms with Crippen LogP contribution in [0.5, 0.6) is 0 Å². The van der Waals surface area contributed by atoms with Gasteiger partial charge in [0, 0.05) is 36.9 Å². The monoisotopic (exact) mass is 416 g/mol. The van der Waals surface area contributed by atoms with Crippen LogP contribution < -0.4 is 5.32 Å². The summed E-state index contributed by atoms with van der Waals surface area (Å²) in [4.78, 5) is 34.2. The molecule has 1 saturated heterocycles. The number of anilines is 1. The fourth-order valence-electron chi connectivity index (χ4n) is 3.58. The van der Waals surface area contributed by atoms with E-state index in [0.29, 0.717) is 41.0 Å². The van der Waals surface area contributed by atoms with Crippen molar-refractivity contribution in [3.05, 3.63) is 40.5 Å². The second-order valence-electron chi connectivity index (χ2n) is 7.24. The van der Waals surface area contributed by atoms with E-state index in [0.717, 1.165) is 18.4 Å². The standard InChI is InChI=1S/C20H21ClN4O4/c1-11(19(27)28)25-10-13-3-2-12(8-15(13)18(25)26)17-16(21)9-22-20(24-17)23-14-4-6-29-7-5-14/h2-3,8-9,11,14H,4-7,10H2,1H3,(H,27,28)(H,22,23,24)/t11-/m0/s1. The molecule has 152 valence electrons. The number of fused-ring (bicyclic) bond motifs is 1. The van der Waals surface area contributed by atoms with Crippen LogP contribution in [0.3, 0.4) is 0 Å². The lowest BCUT2D eigenvalue weighted by atomic mass is 10.0. The maximum Gasteiger partial charge on any atom is 0.326 e. The van der Waals surface area contributed by atoms with Gasteiger partial charge in [0.05, 0.1) is 16.9 Å². The molecule has 0 aliphatic carbocycles. The highest BCUT2D eigenvalue weighted by Gasteiger charge is 2.34. The van der Waals surface area contributed by atoms with Crippen LogP contribution in [-0.2, 0) is 16.1 Å². The van der Waals surface area contributed by atoms with Crippen LogP contribution in [-0.4, -0.2) is 57.1 Å². The van der Waals surface area contributed by atoms with Gasteiger partial charge in [-0.1, -0.05) is 23.7 Å². The summed E-state index contributed by atoms with van der Waals surface area (Å²) in [5, 5.41) is 12.9. The maximum absolute atomic E-state index is 12.7. The van der Waals surface area contributed by atoms with E-state index in [9.17, 15) is 14.7 Å². The van der Waals surface area contributed by atoms with Gasteiger partial charge in [-0.2, -0.15) is 0 Å². The Morgan fingerprint density at radius 3 is 2.86 bits per heavy atom. The van der Waals surface area contributed by atoms with Crippen LogP contribution >= 0.6 is 11.6 Å². The lowest BCUT2D eigenvalue weighted by molar-refractivity contribution is -0.141. The summed E-state index contributed by atoms with van der Waals surface area (Å²) in [5.74, 6) is -0.860. The summed E-state index contributed by atoms with van der Waals surface area (Å²) >= 11 is 6.34. The number of benzene rings is 1. The Morgan fingerprint density at radius 2 is 2.14 bits per heavy atom. The van der Waals surface area contributed by atoms with E-state index in [1.165, 1.54) is 11.8 Å². The molecule has 1 aromatic heterocycles. The van der Waals surface area contributed by atoms with Crippen molar-refractivity contribution < 1.29 is 19.4 Å². The third-order valence-corrected chi connectivity index (χ3v) is 5.62. The van der Waals surface area contributed by atoms with Crippen LogP contribution in [0.2, 0.25) is 5.02 Å². The Morgan fingerprint density at radius 1 is 1.38 bits per heavy atom. The quantitative estimate of drug-likeness (QED) is 0.772. The Balaban J connectivity index is 1.61. The molecule has 1 amide bonds. The molecule has 1 aromatic carbocycles. The van der Waals surface area contributed by atoms with E-state index in [4.69, 9.17) is 16.3 Å². The van der Waals surface area contributed by atoms with Crippen LogP contribution in [0.1, 0.15) is 35.7 Å². The first-order valence-corrected chi connectivity index (χ1v) is 9.85. The predicted molar refractivity (Wildman–Crippen MR) is 107 cm³/mol. The van der Waals surface area contributed by atoms with Crippen molar-refractivity contribution in [2.45, 2.75) is 38.4 Å². The number of hydrogen-bond donors (Lipinski definition) is 2. The summed E-state index contributed by atoms with van der Waals surface area (Å²) in [6, 6.07) is 4.73. The van der Waals surface area contributed by atoms with Gasteiger partial charge < -0.3 is 20.1 Å². The van der Waals surface area contributed by atoms with Gasteiger partial charge in [-0.3, -0.25) is 4.79 Å². The third kappa shape index (κ3) is 3.90. The summed E-state index contributed by atoms with van der Waals surface area (Å²) in [7, 11) is 0. The smallest absolute Gasteiger partial charge is 0.326 e. The van der Waals surface area contributed by atoms with Crippen LogP contribution in [0.15, 0.2) is 24.4 Å². The number of amides is 1. The molecule has 8 nitrogen and oxygen atoms in total. The van der Waals surface area contributed by atoms with Gasteiger partial charge >= 0.3 is 5.97 Å². The zero-order valence-corrected chi connectivity index (χ0v) is 16.6. The lowest BCUT2D eigenvalue weighted by Crippen LogP contribution is -2.38. The van der Waals surface area contributed by atoms with E-state index in [2.05, 4.69) is 15.3 Å². The van der Waals surface area contributed by atoms with Gasteiger partial charge in [0.1, 0.15) is 6.04 Å². The highest BCUT2D eigenvalue weighted by Crippen LogP contribution is 2.32.